The van der Waals surface area contributed by atoms with Gasteiger partial charge in [0.2, 0.25) is 0 Å². The van der Waals surface area contributed by atoms with E-state index < -0.39 is 0 Å². The highest BCUT2D eigenvalue weighted by Crippen LogP contribution is 2.49. The van der Waals surface area contributed by atoms with Gasteiger partial charge in [0.1, 0.15) is 5.82 Å². The van der Waals surface area contributed by atoms with Crippen LogP contribution in [0.3, 0.4) is 0 Å². The fraction of sp³-hybridized carbons (Fsp3) is 0.0789. The summed E-state index contributed by atoms with van der Waals surface area (Å²) in [7, 11) is 0. The molecular formula is C38H26N4. The minimum absolute atomic E-state index is 0.00534. The van der Waals surface area contributed by atoms with Crippen LogP contribution in [0.2, 0.25) is 0 Å². The van der Waals surface area contributed by atoms with E-state index in [-0.39, 0.29) is 5.92 Å². The van der Waals surface area contributed by atoms with E-state index in [0.29, 0.717) is 11.6 Å². The van der Waals surface area contributed by atoms with Gasteiger partial charge in [0.25, 0.3) is 0 Å². The monoisotopic (exact) mass is 538 g/mol. The van der Waals surface area contributed by atoms with Gasteiger partial charge in [-0.3, -0.25) is 0 Å². The molecule has 8 aromatic rings. The third-order valence-electron chi connectivity index (χ3n) is 8.82. The summed E-state index contributed by atoms with van der Waals surface area (Å²) in [5.74, 6) is 2.25. The maximum absolute atomic E-state index is 5.24. The molecule has 0 saturated heterocycles. The Morgan fingerprint density at radius 1 is 0.548 bits per heavy atom. The van der Waals surface area contributed by atoms with Gasteiger partial charge in [-0.1, -0.05) is 115 Å². The second-order valence-electron chi connectivity index (χ2n) is 11.1. The van der Waals surface area contributed by atoms with Gasteiger partial charge in [-0.2, -0.15) is 0 Å². The molecule has 0 saturated carbocycles. The Balaban J connectivity index is 1.39. The van der Waals surface area contributed by atoms with Crippen molar-refractivity contribution < 1.29 is 0 Å². The van der Waals surface area contributed by atoms with Crippen molar-refractivity contribution in [3.63, 3.8) is 0 Å². The van der Waals surface area contributed by atoms with Crippen LogP contribution in [0.15, 0.2) is 127 Å². The molecule has 0 radical (unpaired) electrons. The van der Waals surface area contributed by atoms with E-state index in [0.717, 1.165) is 29.8 Å². The lowest BCUT2D eigenvalue weighted by Crippen LogP contribution is -2.10. The van der Waals surface area contributed by atoms with Crippen molar-refractivity contribution in [1.82, 2.24) is 19.4 Å². The van der Waals surface area contributed by atoms with Crippen LogP contribution in [-0.2, 0) is 6.42 Å². The van der Waals surface area contributed by atoms with Crippen LogP contribution >= 0.6 is 0 Å². The molecular weight excluding hydrogens is 512 g/mol. The summed E-state index contributed by atoms with van der Waals surface area (Å²) in [6.07, 6.45) is 1.87. The van der Waals surface area contributed by atoms with Crippen molar-refractivity contribution in [2.24, 2.45) is 0 Å². The minimum Gasteiger partial charge on any atom is -0.308 e. The summed E-state index contributed by atoms with van der Waals surface area (Å²) in [4.78, 5) is 15.5. The largest absolute Gasteiger partial charge is 0.308 e. The highest BCUT2D eigenvalue weighted by atomic mass is 15.0. The summed E-state index contributed by atoms with van der Waals surface area (Å²) < 4.78 is 2.47. The molecule has 0 aliphatic heterocycles. The summed E-state index contributed by atoms with van der Waals surface area (Å²) in [5, 5.41) is 2.56. The van der Waals surface area contributed by atoms with E-state index in [1.165, 1.54) is 49.6 Å². The summed E-state index contributed by atoms with van der Waals surface area (Å²) in [6, 6.07) is 45.0. The summed E-state index contributed by atoms with van der Waals surface area (Å²) >= 11 is 0. The Kier molecular flexibility index (Phi) is 5.05. The topological polar surface area (TPSA) is 43.1 Å². The first-order valence-electron chi connectivity index (χ1n) is 14.6. The molecule has 0 bridgehead atoms. The van der Waals surface area contributed by atoms with Crippen molar-refractivity contribution in [1.29, 1.82) is 0 Å². The van der Waals surface area contributed by atoms with Crippen LogP contribution in [0.5, 0.6) is 0 Å². The maximum Gasteiger partial charge on any atom is 0.163 e. The molecule has 0 fully saturated rings. The van der Waals surface area contributed by atoms with Crippen LogP contribution in [-0.4, -0.2) is 19.4 Å². The number of aryl methyl sites for hydroxylation is 1. The van der Waals surface area contributed by atoms with E-state index in [2.05, 4.69) is 95.4 Å². The number of nitrogens with zero attached hydrogens (tertiary/aromatic N) is 4. The Morgan fingerprint density at radius 2 is 1.17 bits per heavy atom. The van der Waals surface area contributed by atoms with Gasteiger partial charge in [-0.05, 0) is 41.7 Å². The van der Waals surface area contributed by atoms with E-state index in [1.54, 1.807) is 0 Å². The number of aromatic nitrogens is 4. The van der Waals surface area contributed by atoms with Gasteiger partial charge in [0, 0.05) is 33.4 Å². The van der Waals surface area contributed by atoms with Crippen LogP contribution in [0, 0.1) is 0 Å². The third-order valence-corrected chi connectivity index (χ3v) is 8.82. The Bertz CT molecular complexity index is 2190. The number of rotatable bonds is 3. The van der Waals surface area contributed by atoms with Crippen molar-refractivity contribution in [3.8, 4) is 33.9 Å². The standard InChI is InChI=1S/C38H26N4/c1-3-13-25(14-4-1)36-39-37(26-15-5-2-6-16-26)41-38(40-36)30-23-22-24-12-7-8-17-27(24)33-32-21-11-20-31-28-18-9-10-19-29(28)35(34(30)33)42(31)32/h1-21,30H,22-23H2. The summed E-state index contributed by atoms with van der Waals surface area (Å²) in [6.45, 7) is 0. The number of benzene rings is 4. The highest BCUT2D eigenvalue weighted by molar-refractivity contribution is 6.15. The fourth-order valence-corrected chi connectivity index (χ4v) is 7.00. The molecule has 0 amide bonds. The molecule has 1 aliphatic rings. The van der Waals surface area contributed by atoms with E-state index in [1.807, 2.05) is 36.4 Å². The molecule has 4 heteroatoms. The second kappa shape index (κ2) is 9.08. The van der Waals surface area contributed by atoms with Gasteiger partial charge < -0.3 is 4.40 Å². The smallest absolute Gasteiger partial charge is 0.163 e. The normalized spacial score (nSPS) is 14.7. The van der Waals surface area contributed by atoms with Crippen LogP contribution in [0.4, 0.5) is 0 Å². The van der Waals surface area contributed by atoms with Gasteiger partial charge in [0.15, 0.2) is 11.6 Å². The molecule has 1 atom stereocenters. The maximum atomic E-state index is 5.24. The first-order valence-corrected chi connectivity index (χ1v) is 14.6. The van der Waals surface area contributed by atoms with Crippen LogP contribution in [0.1, 0.15) is 29.3 Å². The highest BCUT2D eigenvalue weighted by Gasteiger charge is 2.33. The molecule has 9 rings (SSSR count). The molecule has 198 valence electrons. The van der Waals surface area contributed by atoms with Gasteiger partial charge in [-0.25, -0.2) is 15.0 Å². The Hall–Kier alpha value is -5.35. The molecule has 4 nitrogen and oxygen atoms in total. The SMILES string of the molecule is c1ccc(-c2nc(-c3ccccc3)nc(C3CCc4ccccc4-c4c3c3c5ccccc5c5cccc4n53)n2)cc1. The molecule has 4 heterocycles. The van der Waals surface area contributed by atoms with Gasteiger partial charge in [-0.15, -0.1) is 0 Å². The predicted molar refractivity (Wildman–Crippen MR) is 170 cm³/mol. The first kappa shape index (κ1) is 23.4. The molecule has 0 N–H and O–H groups in total. The molecule has 42 heavy (non-hydrogen) atoms. The number of hydrogen-bond donors (Lipinski definition) is 0. The first-order chi connectivity index (χ1) is 20.8. The van der Waals surface area contributed by atoms with Crippen molar-refractivity contribution in [2.75, 3.05) is 0 Å². The Labute approximate surface area is 243 Å². The van der Waals surface area contributed by atoms with Gasteiger partial charge >= 0.3 is 0 Å². The molecule has 1 unspecified atom stereocenters. The van der Waals surface area contributed by atoms with Crippen LogP contribution < -0.4 is 0 Å². The predicted octanol–water partition coefficient (Wildman–Crippen LogP) is 8.95. The van der Waals surface area contributed by atoms with E-state index >= 15 is 0 Å². The van der Waals surface area contributed by atoms with E-state index in [9.17, 15) is 0 Å². The molecule has 4 aromatic carbocycles. The number of fused-ring (bicyclic) bond motifs is 8. The zero-order valence-corrected chi connectivity index (χ0v) is 22.9. The average Bonchev–Trinajstić information content (AvgIpc) is 3.52. The zero-order valence-electron chi connectivity index (χ0n) is 22.9. The number of hydrogen-bond acceptors (Lipinski definition) is 3. The average molecular weight is 539 g/mol. The van der Waals surface area contributed by atoms with Gasteiger partial charge in [0.05, 0.1) is 16.6 Å². The minimum atomic E-state index is -0.00534. The fourth-order valence-electron chi connectivity index (χ4n) is 7.00. The van der Waals surface area contributed by atoms with E-state index in [4.69, 9.17) is 15.0 Å². The lowest BCUT2D eigenvalue weighted by atomic mass is 9.90. The van der Waals surface area contributed by atoms with Crippen molar-refractivity contribution >= 4 is 27.3 Å². The molecule has 0 spiro atoms. The quantitative estimate of drug-likeness (QED) is 0.225. The third kappa shape index (κ3) is 3.39. The van der Waals surface area contributed by atoms with Crippen LogP contribution in [0.25, 0.3) is 61.2 Å². The lowest BCUT2D eigenvalue weighted by molar-refractivity contribution is 0.680. The lowest BCUT2D eigenvalue weighted by Gasteiger charge is -2.17. The Morgan fingerprint density at radius 3 is 1.90 bits per heavy atom. The molecule has 1 aliphatic carbocycles. The summed E-state index contributed by atoms with van der Waals surface area (Å²) in [5.41, 5.74) is 11.1. The van der Waals surface area contributed by atoms with Crippen molar-refractivity contribution in [3.05, 3.63) is 144 Å². The zero-order chi connectivity index (χ0) is 27.6. The van der Waals surface area contributed by atoms with Crippen molar-refractivity contribution in [2.45, 2.75) is 18.8 Å². The number of pyridine rings is 1. The molecule has 4 aromatic heterocycles. The second-order valence-corrected chi connectivity index (χ2v) is 11.1.